The molecule has 0 radical (unpaired) electrons. The van der Waals surface area contributed by atoms with E-state index in [2.05, 4.69) is 10.4 Å². The van der Waals surface area contributed by atoms with E-state index in [-0.39, 0.29) is 11.6 Å². The van der Waals surface area contributed by atoms with Crippen LogP contribution in [0.15, 0.2) is 11.0 Å². The average Bonchev–Trinajstić information content (AvgIpc) is 3.16. The van der Waals surface area contributed by atoms with Gasteiger partial charge in [-0.1, -0.05) is 25.4 Å². The Kier molecular flexibility index (Phi) is 4.47. The number of rotatable bonds is 6. The fraction of sp³-hybridized carbons (Fsp3) is 0.692. The lowest BCUT2D eigenvalue weighted by Gasteiger charge is -2.17. The highest BCUT2D eigenvalue weighted by Crippen LogP contribution is 2.30. The number of halogens is 1. The van der Waals surface area contributed by atoms with E-state index < -0.39 is 0 Å². The molecule has 0 saturated heterocycles. The van der Waals surface area contributed by atoms with Gasteiger partial charge in [0.1, 0.15) is 5.69 Å². The molecule has 1 unspecified atom stereocenters. The van der Waals surface area contributed by atoms with Crippen LogP contribution < -0.4 is 16.6 Å². The van der Waals surface area contributed by atoms with Crippen molar-refractivity contribution in [3.63, 3.8) is 0 Å². The quantitative estimate of drug-likeness (QED) is 0.834. The minimum Gasteiger partial charge on any atom is -0.378 e. The number of nitrogens with two attached hydrogens (primary N) is 1. The molecule has 0 aliphatic heterocycles. The highest BCUT2D eigenvalue weighted by Gasteiger charge is 2.23. The molecule has 1 heterocycles. The zero-order valence-corrected chi connectivity index (χ0v) is 12.2. The Morgan fingerprint density at radius 3 is 2.84 bits per heavy atom. The topological polar surface area (TPSA) is 72.9 Å². The fourth-order valence-electron chi connectivity index (χ4n) is 1.76. The summed E-state index contributed by atoms with van der Waals surface area (Å²) in [6.07, 6.45) is 3.88. The summed E-state index contributed by atoms with van der Waals surface area (Å²) in [5, 5.41) is 7.50. The molecular formula is C13H21ClN4O. The third-order valence-electron chi connectivity index (χ3n) is 3.50. The van der Waals surface area contributed by atoms with Gasteiger partial charge in [-0.2, -0.15) is 5.10 Å². The lowest BCUT2D eigenvalue weighted by molar-refractivity contribution is 0.509. The van der Waals surface area contributed by atoms with E-state index in [0.717, 1.165) is 0 Å². The van der Waals surface area contributed by atoms with Crippen LogP contribution in [-0.2, 0) is 6.54 Å². The first-order valence-electron chi connectivity index (χ1n) is 6.74. The summed E-state index contributed by atoms with van der Waals surface area (Å²) < 4.78 is 1.49. The first kappa shape index (κ1) is 14.3. The number of aromatic nitrogens is 2. The zero-order valence-electron chi connectivity index (χ0n) is 11.4. The van der Waals surface area contributed by atoms with Crippen LogP contribution >= 0.6 is 11.6 Å². The maximum absolute atomic E-state index is 12.2. The molecule has 1 aromatic heterocycles. The smallest absolute Gasteiger partial charge is 0.291 e. The third-order valence-corrected chi connectivity index (χ3v) is 3.78. The zero-order chi connectivity index (χ0) is 14.0. The van der Waals surface area contributed by atoms with E-state index in [1.165, 1.54) is 23.7 Å². The van der Waals surface area contributed by atoms with Crippen LogP contribution in [0.25, 0.3) is 0 Å². The molecule has 0 bridgehead atoms. The Hall–Kier alpha value is -1.07. The maximum atomic E-state index is 12.2. The summed E-state index contributed by atoms with van der Waals surface area (Å²) in [6, 6.07) is -0.0134. The van der Waals surface area contributed by atoms with Gasteiger partial charge in [-0.25, -0.2) is 4.68 Å². The van der Waals surface area contributed by atoms with Crippen LogP contribution in [0.1, 0.15) is 26.7 Å². The first-order chi connectivity index (χ1) is 8.99. The molecule has 2 rings (SSSR count). The van der Waals surface area contributed by atoms with Crippen molar-refractivity contribution in [2.24, 2.45) is 17.6 Å². The minimum atomic E-state index is -0.157. The van der Waals surface area contributed by atoms with Gasteiger partial charge in [0.05, 0.1) is 11.2 Å². The van der Waals surface area contributed by atoms with Crippen LogP contribution in [-0.4, -0.2) is 22.4 Å². The Morgan fingerprint density at radius 2 is 2.26 bits per heavy atom. The molecule has 1 aliphatic carbocycles. The molecule has 0 amide bonds. The van der Waals surface area contributed by atoms with Gasteiger partial charge in [-0.15, -0.1) is 0 Å². The molecule has 1 saturated carbocycles. The summed E-state index contributed by atoms with van der Waals surface area (Å²) >= 11 is 6.04. The fourth-order valence-corrected chi connectivity index (χ4v) is 1.95. The van der Waals surface area contributed by atoms with Gasteiger partial charge in [0, 0.05) is 19.1 Å². The first-order valence-corrected chi connectivity index (χ1v) is 7.12. The lowest BCUT2D eigenvalue weighted by Crippen LogP contribution is -2.36. The summed E-state index contributed by atoms with van der Waals surface area (Å²) in [4.78, 5) is 12.2. The van der Waals surface area contributed by atoms with Crippen molar-refractivity contribution in [3.05, 3.63) is 21.6 Å². The van der Waals surface area contributed by atoms with Crippen molar-refractivity contribution in [2.45, 2.75) is 39.3 Å². The minimum absolute atomic E-state index is 0.0134. The molecule has 0 aromatic carbocycles. The van der Waals surface area contributed by atoms with Gasteiger partial charge < -0.3 is 11.1 Å². The molecule has 106 valence electrons. The molecule has 5 nitrogen and oxygen atoms in total. The Morgan fingerprint density at radius 1 is 1.58 bits per heavy atom. The van der Waals surface area contributed by atoms with Crippen LogP contribution in [0.4, 0.5) is 5.69 Å². The summed E-state index contributed by atoms with van der Waals surface area (Å²) in [5.41, 5.74) is 6.22. The van der Waals surface area contributed by atoms with Gasteiger partial charge in [-0.05, 0) is 24.7 Å². The Bertz CT molecular complexity index is 496. The van der Waals surface area contributed by atoms with Crippen molar-refractivity contribution in [2.75, 3.05) is 11.9 Å². The van der Waals surface area contributed by atoms with Gasteiger partial charge in [0.2, 0.25) is 0 Å². The second-order valence-corrected chi connectivity index (χ2v) is 5.99. The Labute approximate surface area is 118 Å². The van der Waals surface area contributed by atoms with E-state index in [1.54, 1.807) is 0 Å². The largest absolute Gasteiger partial charge is 0.378 e. The monoisotopic (exact) mass is 284 g/mol. The van der Waals surface area contributed by atoms with Crippen LogP contribution in [0, 0.1) is 11.8 Å². The molecule has 1 atom stereocenters. The van der Waals surface area contributed by atoms with E-state index in [9.17, 15) is 4.79 Å². The van der Waals surface area contributed by atoms with Crippen LogP contribution in [0.2, 0.25) is 5.02 Å². The van der Waals surface area contributed by atoms with E-state index in [0.29, 0.717) is 35.6 Å². The number of hydrogen-bond donors (Lipinski definition) is 2. The summed E-state index contributed by atoms with van der Waals surface area (Å²) in [5.74, 6) is 0.943. The number of hydrogen-bond acceptors (Lipinski definition) is 4. The van der Waals surface area contributed by atoms with Crippen LogP contribution in [0.5, 0.6) is 0 Å². The molecule has 6 heteroatoms. The standard InChI is InChI=1S/C13H21ClN4O/c1-8(2)11(15)6-16-12-10(14)5-17-18(13(12)19)7-9-3-4-9/h5,8-9,11,16H,3-4,6-7,15H2,1-2H3. The molecule has 1 aromatic rings. The van der Waals surface area contributed by atoms with Crippen molar-refractivity contribution in [1.29, 1.82) is 0 Å². The number of nitrogens with one attached hydrogen (secondary N) is 1. The summed E-state index contributed by atoms with van der Waals surface area (Å²) in [6.45, 7) is 5.30. The second kappa shape index (κ2) is 5.92. The maximum Gasteiger partial charge on any atom is 0.291 e. The highest BCUT2D eigenvalue weighted by molar-refractivity contribution is 6.32. The molecule has 19 heavy (non-hydrogen) atoms. The predicted molar refractivity (Wildman–Crippen MR) is 77.5 cm³/mol. The van der Waals surface area contributed by atoms with Crippen molar-refractivity contribution >= 4 is 17.3 Å². The SMILES string of the molecule is CC(C)C(N)CNc1c(Cl)cnn(CC2CC2)c1=O. The highest BCUT2D eigenvalue weighted by atomic mass is 35.5. The number of nitrogens with zero attached hydrogens (tertiary/aromatic N) is 2. The van der Waals surface area contributed by atoms with Gasteiger partial charge in [0.25, 0.3) is 5.56 Å². The molecule has 1 aliphatic rings. The summed E-state index contributed by atoms with van der Waals surface area (Å²) in [7, 11) is 0. The van der Waals surface area contributed by atoms with E-state index in [1.807, 2.05) is 13.8 Å². The second-order valence-electron chi connectivity index (χ2n) is 5.59. The van der Waals surface area contributed by atoms with Gasteiger partial charge >= 0.3 is 0 Å². The van der Waals surface area contributed by atoms with Crippen molar-refractivity contribution < 1.29 is 0 Å². The average molecular weight is 285 g/mol. The lowest BCUT2D eigenvalue weighted by atomic mass is 10.1. The van der Waals surface area contributed by atoms with E-state index >= 15 is 0 Å². The van der Waals surface area contributed by atoms with Crippen LogP contribution in [0.3, 0.4) is 0 Å². The Balaban J connectivity index is 2.11. The number of anilines is 1. The van der Waals surface area contributed by atoms with Crippen molar-refractivity contribution in [3.8, 4) is 0 Å². The van der Waals surface area contributed by atoms with E-state index in [4.69, 9.17) is 17.3 Å². The molecular weight excluding hydrogens is 264 g/mol. The normalized spacial score (nSPS) is 16.7. The van der Waals surface area contributed by atoms with Crippen molar-refractivity contribution in [1.82, 2.24) is 9.78 Å². The van der Waals surface area contributed by atoms with Gasteiger partial charge in [-0.3, -0.25) is 4.79 Å². The molecule has 3 N–H and O–H groups in total. The van der Waals surface area contributed by atoms with Gasteiger partial charge in [0.15, 0.2) is 0 Å². The third kappa shape index (κ3) is 3.70. The molecule has 0 spiro atoms. The predicted octanol–water partition coefficient (Wildman–Crippen LogP) is 1.70. The molecule has 1 fully saturated rings.